The van der Waals surface area contributed by atoms with E-state index in [1.807, 2.05) is 30.3 Å². The first-order chi connectivity index (χ1) is 9.13. The van der Waals surface area contributed by atoms with Gasteiger partial charge in [0.25, 0.3) is 0 Å². The van der Waals surface area contributed by atoms with Crippen LogP contribution < -0.4 is 16.0 Å². The van der Waals surface area contributed by atoms with E-state index in [0.29, 0.717) is 0 Å². The quantitative estimate of drug-likeness (QED) is 0.627. The highest BCUT2D eigenvalue weighted by Gasteiger charge is 2.16. The number of hydrogen-bond donors (Lipinski definition) is 2. The minimum absolute atomic E-state index is 0.0160. The molecule has 1 atom stereocenters. The maximum atomic E-state index is 5.95. The molecule has 2 aromatic rings. The van der Waals surface area contributed by atoms with Crippen LogP contribution in [-0.4, -0.2) is 7.11 Å². The fourth-order valence-electron chi connectivity index (χ4n) is 1.89. The number of ether oxygens (including phenoxy) is 1. The molecule has 1 aromatic carbocycles. The number of hydrogen-bond acceptors (Lipinski definition) is 4. The van der Waals surface area contributed by atoms with E-state index in [2.05, 4.69) is 21.4 Å². The molecule has 0 spiro atoms. The van der Waals surface area contributed by atoms with Crippen molar-refractivity contribution in [1.29, 1.82) is 0 Å². The monoisotopic (exact) mass is 360 g/mol. The zero-order chi connectivity index (χ0) is 13.8. The predicted molar refractivity (Wildman–Crippen MR) is 83.8 cm³/mol. The largest absolute Gasteiger partial charge is 0.496 e. The van der Waals surface area contributed by atoms with Gasteiger partial charge in [0.1, 0.15) is 5.75 Å². The molecule has 3 nitrogen and oxygen atoms in total. The Morgan fingerprint density at radius 3 is 2.79 bits per heavy atom. The SMILES string of the molecule is COc1cc(Br)ccc1C(Cc1ccc(Cl)s1)NN. The van der Waals surface area contributed by atoms with Gasteiger partial charge in [-0.2, -0.15) is 0 Å². The van der Waals surface area contributed by atoms with Crippen molar-refractivity contribution < 1.29 is 4.74 Å². The molecule has 0 aliphatic rings. The van der Waals surface area contributed by atoms with E-state index in [4.69, 9.17) is 22.2 Å². The van der Waals surface area contributed by atoms with Crippen molar-refractivity contribution >= 4 is 38.9 Å². The number of benzene rings is 1. The van der Waals surface area contributed by atoms with Crippen LogP contribution in [0.25, 0.3) is 0 Å². The molecular weight excluding hydrogens is 348 g/mol. The maximum absolute atomic E-state index is 5.95. The molecule has 3 N–H and O–H groups in total. The highest BCUT2D eigenvalue weighted by Crippen LogP contribution is 2.32. The van der Waals surface area contributed by atoms with Crippen LogP contribution >= 0.6 is 38.9 Å². The Hall–Kier alpha value is -0.590. The summed E-state index contributed by atoms with van der Waals surface area (Å²) in [7, 11) is 1.65. The van der Waals surface area contributed by atoms with Gasteiger partial charge in [0.2, 0.25) is 0 Å². The van der Waals surface area contributed by atoms with Gasteiger partial charge in [0.15, 0.2) is 0 Å². The summed E-state index contributed by atoms with van der Waals surface area (Å²) in [5.74, 6) is 6.48. The van der Waals surface area contributed by atoms with Gasteiger partial charge in [-0.15, -0.1) is 11.3 Å². The number of rotatable bonds is 5. The van der Waals surface area contributed by atoms with E-state index in [1.54, 1.807) is 18.4 Å². The molecule has 1 unspecified atom stereocenters. The zero-order valence-corrected chi connectivity index (χ0v) is 13.5. The number of hydrazine groups is 1. The normalized spacial score (nSPS) is 12.4. The molecule has 1 heterocycles. The second kappa shape index (κ2) is 6.72. The van der Waals surface area contributed by atoms with Gasteiger partial charge in [-0.25, -0.2) is 0 Å². The van der Waals surface area contributed by atoms with Gasteiger partial charge in [-0.3, -0.25) is 11.3 Å². The van der Waals surface area contributed by atoms with Crippen molar-refractivity contribution in [3.05, 3.63) is 49.6 Å². The fourth-order valence-corrected chi connectivity index (χ4v) is 3.37. The van der Waals surface area contributed by atoms with Crippen LogP contribution in [0.5, 0.6) is 5.75 Å². The number of thiophene rings is 1. The summed E-state index contributed by atoms with van der Waals surface area (Å²) < 4.78 is 7.16. The highest BCUT2D eigenvalue weighted by molar-refractivity contribution is 9.10. The van der Waals surface area contributed by atoms with Crippen LogP contribution in [0.3, 0.4) is 0 Å². The van der Waals surface area contributed by atoms with Crippen LogP contribution in [0.1, 0.15) is 16.5 Å². The lowest BCUT2D eigenvalue weighted by molar-refractivity contribution is 0.399. The number of halogens is 2. The summed E-state index contributed by atoms with van der Waals surface area (Å²) in [6, 6.07) is 9.81. The van der Waals surface area contributed by atoms with Gasteiger partial charge in [-0.1, -0.05) is 33.6 Å². The first-order valence-corrected chi connectivity index (χ1v) is 7.66. The summed E-state index contributed by atoms with van der Waals surface area (Å²) in [4.78, 5) is 1.18. The molecular formula is C13H14BrClN2OS. The molecule has 0 radical (unpaired) electrons. The Balaban J connectivity index is 2.26. The summed E-state index contributed by atoms with van der Waals surface area (Å²) in [6.07, 6.45) is 0.770. The zero-order valence-electron chi connectivity index (χ0n) is 10.3. The van der Waals surface area contributed by atoms with E-state index >= 15 is 0 Å². The van der Waals surface area contributed by atoms with Crippen molar-refractivity contribution in [1.82, 2.24) is 5.43 Å². The minimum Gasteiger partial charge on any atom is -0.496 e. The number of methoxy groups -OCH3 is 1. The highest BCUT2D eigenvalue weighted by atomic mass is 79.9. The lowest BCUT2D eigenvalue weighted by Gasteiger charge is -2.18. The molecule has 19 heavy (non-hydrogen) atoms. The molecule has 0 saturated carbocycles. The van der Waals surface area contributed by atoms with E-state index in [0.717, 1.165) is 26.5 Å². The van der Waals surface area contributed by atoms with Crippen molar-refractivity contribution in [3.8, 4) is 5.75 Å². The van der Waals surface area contributed by atoms with Crippen LogP contribution in [0.15, 0.2) is 34.8 Å². The van der Waals surface area contributed by atoms with Gasteiger partial charge in [-0.05, 0) is 24.3 Å². The fraction of sp³-hybridized carbons (Fsp3) is 0.231. The lowest BCUT2D eigenvalue weighted by atomic mass is 10.0. The van der Waals surface area contributed by atoms with Crippen molar-refractivity contribution in [2.24, 2.45) is 5.84 Å². The summed E-state index contributed by atoms with van der Waals surface area (Å²) in [6.45, 7) is 0. The number of nitrogens with two attached hydrogens (primary N) is 1. The molecule has 2 rings (SSSR count). The van der Waals surface area contributed by atoms with Crippen molar-refractivity contribution in [3.63, 3.8) is 0 Å². The smallest absolute Gasteiger partial charge is 0.124 e. The maximum Gasteiger partial charge on any atom is 0.124 e. The second-order valence-corrected chi connectivity index (χ2v) is 6.73. The van der Waals surface area contributed by atoms with Crippen LogP contribution in [0.4, 0.5) is 0 Å². The molecule has 6 heteroatoms. The Bertz CT molecular complexity index is 561. The Labute approximate surface area is 129 Å². The summed E-state index contributed by atoms with van der Waals surface area (Å²) in [5, 5.41) is 0. The predicted octanol–water partition coefficient (Wildman–Crippen LogP) is 3.92. The molecule has 0 bridgehead atoms. The third-order valence-corrected chi connectivity index (χ3v) is 4.55. The van der Waals surface area contributed by atoms with Gasteiger partial charge in [0.05, 0.1) is 17.5 Å². The average Bonchev–Trinajstić information content (AvgIpc) is 2.81. The Kier molecular flexibility index (Phi) is 5.24. The lowest BCUT2D eigenvalue weighted by Crippen LogP contribution is -2.29. The van der Waals surface area contributed by atoms with E-state index in [9.17, 15) is 0 Å². The second-order valence-electron chi connectivity index (χ2n) is 4.02. The number of nitrogens with one attached hydrogen (secondary N) is 1. The minimum atomic E-state index is -0.0160. The first kappa shape index (κ1) is 14.8. The molecule has 0 saturated heterocycles. The molecule has 0 fully saturated rings. The van der Waals surface area contributed by atoms with Crippen LogP contribution in [0, 0.1) is 0 Å². The summed E-state index contributed by atoms with van der Waals surface area (Å²) in [5.41, 5.74) is 3.86. The van der Waals surface area contributed by atoms with Crippen LogP contribution in [0.2, 0.25) is 4.34 Å². The van der Waals surface area contributed by atoms with Gasteiger partial charge < -0.3 is 4.74 Å². The van der Waals surface area contributed by atoms with Crippen molar-refractivity contribution in [2.45, 2.75) is 12.5 Å². The van der Waals surface area contributed by atoms with Crippen molar-refractivity contribution in [2.75, 3.05) is 7.11 Å². The molecule has 1 aromatic heterocycles. The van der Waals surface area contributed by atoms with E-state index < -0.39 is 0 Å². The average molecular weight is 362 g/mol. The topological polar surface area (TPSA) is 47.3 Å². The van der Waals surface area contributed by atoms with E-state index in [1.165, 1.54) is 4.88 Å². The van der Waals surface area contributed by atoms with Crippen LogP contribution in [-0.2, 0) is 6.42 Å². The Morgan fingerprint density at radius 1 is 1.42 bits per heavy atom. The summed E-state index contributed by atoms with van der Waals surface area (Å²) >= 11 is 10.9. The molecule has 102 valence electrons. The third-order valence-electron chi connectivity index (χ3n) is 2.81. The Morgan fingerprint density at radius 2 is 2.21 bits per heavy atom. The molecule has 0 aliphatic carbocycles. The third kappa shape index (κ3) is 3.70. The first-order valence-electron chi connectivity index (χ1n) is 5.68. The van der Waals surface area contributed by atoms with Gasteiger partial charge in [0, 0.05) is 21.3 Å². The molecule has 0 aliphatic heterocycles. The standard InChI is InChI=1S/C13H14BrClN2OS/c1-18-12-6-8(14)2-4-10(12)11(17-16)7-9-3-5-13(15)19-9/h2-6,11,17H,7,16H2,1H3. The molecule has 0 amide bonds. The van der Waals surface area contributed by atoms with Gasteiger partial charge >= 0.3 is 0 Å². The van der Waals surface area contributed by atoms with E-state index in [-0.39, 0.29) is 6.04 Å².